The van der Waals surface area contributed by atoms with Gasteiger partial charge in [-0.25, -0.2) is 0 Å². The highest BCUT2D eigenvalue weighted by molar-refractivity contribution is 5.76. The fourth-order valence-electron chi connectivity index (χ4n) is 13.5. The Kier molecular flexibility index (Phi) is 77.8. The molecule has 0 rings (SSSR count). The van der Waals surface area contributed by atoms with Crippen molar-refractivity contribution < 1.29 is 24.5 Å². The Morgan fingerprint density at radius 1 is 0.303 bits per heavy atom. The maximum absolute atomic E-state index is 12.6. The lowest BCUT2D eigenvalue weighted by Gasteiger charge is -2.22. The van der Waals surface area contributed by atoms with Gasteiger partial charge in [0.05, 0.1) is 25.4 Å². The molecule has 3 N–H and O–H groups in total. The number of unbranched alkanes of at least 4 members (excludes halogenated alkanes) is 66. The van der Waals surface area contributed by atoms with Gasteiger partial charge in [-0.05, 0) is 51.4 Å². The molecule has 0 aliphatic rings. The predicted molar refractivity (Wildman–Crippen MR) is 394 cm³/mol. The molecular formula is C83H163NO5. The third kappa shape index (κ3) is 75.5. The molecule has 2 unspecified atom stereocenters. The zero-order valence-corrected chi connectivity index (χ0v) is 61.0. The molecule has 6 heteroatoms. The van der Waals surface area contributed by atoms with Crippen LogP contribution in [-0.2, 0) is 14.3 Å². The lowest BCUT2D eigenvalue weighted by atomic mass is 10.0. The zero-order chi connectivity index (χ0) is 64.2. The van der Waals surface area contributed by atoms with Crippen LogP contribution in [0.15, 0.2) is 12.2 Å². The molecule has 0 aromatic carbocycles. The van der Waals surface area contributed by atoms with Crippen LogP contribution in [0.3, 0.4) is 0 Å². The average molecular weight is 1260 g/mol. The van der Waals surface area contributed by atoms with Crippen LogP contribution >= 0.6 is 0 Å². The molecule has 1 amide bonds. The number of esters is 1. The van der Waals surface area contributed by atoms with Gasteiger partial charge in [-0.2, -0.15) is 0 Å². The Morgan fingerprint density at radius 3 is 0.798 bits per heavy atom. The van der Waals surface area contributed by atoms with Gasteiger partial charge in [0, 0.05) is 12.8 Å². The van der Waals surface area contributed by atoms with Gasteiger partial charge < -0.3 is 20.3 Å². The summed E-state index contributed by atoms with van der Waals surface area (Å²) in [5, 5.41) is 23.5. The highest BCUT2D eigenvalue weighted by atomic mass is 16.5. The maximum Gasteiger partial charge on any atom is 0.305 e. The minimum Gasteiger partial charge on any atom is -0.466 e. The molecule has 530 valence electrons. The van der Waals surface area contributed by atoms with Crippen molar-refractivity contribution >= 4 is 11.9 Å². The normalized spacial score (nSPS) is 12.4. The first-order valence-electron chi connectivity index (χ1n) is 41.4. The molecule has 2 atom stereocenters. The first-order valence-corrected chi connectivity index (χ1v) is 41.4. The van der Waals surface area contributed by atoms with Crippen LogP contribution in [0.4, 0.5) is 0 Å². The number of hydrogen-bond acceptors (Lipinski definition) is 5. The Bertz CT molecular complexity index is 1350. The van der Waals surface area contributed by atoms with E-state index in [2.05, 4.69) is 31.3 Å². The number of hydrogen-bond donors (Lipinski definition) is 3. The van der Waals surface area contributed by atoms with Gasteiger partial charge in [-0.15, -0.1) is 0 Å². The van der Waals surface area contributed by atoms with E-state index in [-0.39, 0.29) is 18.5 Å². The first kappa shape index (κ1) is 87.6. The van der Waals surface area contributed by atoms with Crippen LogP contribution in [0.2, 0.25) is 0 Å². The number of allylic oxidation sites excluding steroid dienone is 2. The number of nitrogens with one attached hydrogen (secondary N) is 1. The van der Waals surface area contributed by atoms with Gasteiger partial charge in [0.2, 0.25) is 5.91 Å². The van der Waals surface area contributed by atoms with E-state index in [4.69, 9.17) is 4.74 Å². The molecular weight excluding hydrogens is 1090 g/mol. The van der Waals surface area contributed by atoms with Crippen LogP contribution in [0.1, 0.15) is 483 Å². The third-order valence-corrected chi connectivity index (χ3v) is 19.8. The standard InChI is InChI=1S/C83H163NO5/c1-3-5-7-9-11-13-15-17-18-19-20-21-22-34-37-40-43-46-49-52-55-59-63-67-71-75-81(86)80(79-85)84-82(87)76-72-68-64-60-56-53-50-47-44-41-38-35-32-30-28-26-24-23-25-27-29-31-33-36-39-42-45-48-51-54-58-62-66-70-74-78-89-83(88)77-73-69-65-61-57-16-14-12-10-8-6-4-2/h25,27,80-81,85-86H,3-24,26,28-79H2,1-2H3,(H,84,87)/b27-25-. The van der Waals surface area contributed by atoms with Crippen molar-refractivity contribution in [3.63, 3.8) is 0 Å². The van der Waals surface area contributed by atoms with Crippen molar-refractivity contribution in [1.29, 1.82) is 0 Å². The summed E-state index contributed by atoms with van der Waals surface area (Å²) in [6, 6.07) is -0.540. The van der Waals surface area contributed by atoms with Gasteiger partial charge in [0.25, 0.3) is 0 Å². The number of carbonyl (C=O) groups excluding carboxylic acids is 2. The monoisotopic (exact) mass is 1250 g/mol. The van der Waals surface area contributed by atoms with E-state index in [0.29, 0.717) is 25.9 Å². The van der Waals surface area contributed by atoms with Crippen molar-refractivity contribution in [2.75, 3.05) is 13.2 Å². The lowest BCUT2D eigenvalue weighted by Crippen LogP contribution is -2.45. The smallest absolute Gasteiger partial charge is 0.305 e. The molecule has 0 fully saturated rings. The minimum absolute atomic E-state index is 0.0222. The second-order valence-corrected chi connectivity index (χ2v) is 28.8. The van der Waals surface area contributed by atoms with Gasteiger partial charge in [-0.3, -0.25) is 9.59 Å². The second kappa shape index (κ2) is 79.0. The van der Waals surface area contributed by atoms with E-state index in [9.17, 15) is 19.8 Å². The fraction of sp³-hybridized carbons (Fsp3) is 0.952. The molecule has 6 nitrogen and oxygen atoms in total. The van der Waals surface area contributed by atoms with Gasteiger partial charge in [-0.1, -0.05) is 431 Å². The van der Waals surface area contributed by atoms with Crippen LogP contribution < -0.4 is 5.32 Å². The Balaban J connectivity index is 3.34. The third-order valence-electron chi connectivity index (χ3n) is 19.8. The zero-order valence-electron chi connectivity index (χ0n) is 61.0. The molecule has 0 aromatic heterocycles. The summed E-state index contributed by atoms with van der Waals surface area (Å²) in [5.74, 6) is -0.00264. The summed E-state index contributed by atoms with van der Waals surface area (Å²) in [5.41, 5.74) is 0. The summed E-state index contributed by atoms with van der Waals surface area (Å²) in [7, 11) is 0. The van der Waals surface area contributed by atoms with Crippen LogP contribution in [0, 0.1) is 0 Å². The van der Waals surface area contributed by atoms with Crippen molar-refractivity contribution in [1.82, 2.24) is 5.32 Å². The summed E-state index contributed by atoms with van der Waals surface area (Å²) in [6.07, 6.45) is 100. The number of carbonyl (C=O) groups is 2. The highest BCUT2D eigenvalue weighted by Crippen LogP contribution is 2.21. The lowest BCUT2D eigenvalue weighted by molar-refractivity contribution is -0.143. The SMILES string of the molecule is CCCCCCCCCCCCCCCCCCCCCCCCCCCC(O)C(CO)NC(=O)CCCCCCCCCCCCCCCCCCC/C=C\CCCCCCCCCCCCCCCCOC(=O)CCCCCCCCCCCCCC. The van der Waals surface area contributed by atoms with Crippen LogP contribution in [-0.4, -0.2) is 47.4 Å². The van der Waals surface area contributed by atoms with E-state index in [1.54, 1.807) is 0 Å². The molecule has 0 spiro atoms. The molecule has 0 heterocycles. The average Bonchev–Trinajstić information content (AvgIpc) is 3.58. The first-order chi connectivity index (χ1) is 44.0. The Hall–Kier alpha value is -1.40. The Morgan fingerprint density at radius 2 is 0.528 bits per heavy atom. The van der Waals surface area contributed by atoms with Crippen molar-refractivity contribution in [3.05, 3.63) is 12.2 Å². The summed E-state index contributed by atoms with van der Waals surface area (Å²) in [6.45, 7) is 5.01. The number of ether oxygens (including phenoxy) is 1. The summed E-state index contributed by atoms with van der Waals surface area (Å²) < 4.78 is 5.49. The van der Waals surface area contributed by atoms with E-state index >= 15 is 0 Å². The molecule has 0 bridgehead atoms. The summed E-state index contributed by atoms with van der Waals surface area (Å²) >= 11 is 0. The molecule has 0 saturated carbocycles. The minimum atomic E-state index is -0.663. The molecule has 0 aliphatic heterocycles. The van der Waals surface area contributed by atoms with Crippen LogP contribution in [0.5, 0.6) is 0 Å². The van der Waals surface area contributed by atoms with Gasteiger partial charge in [0.1, 0.15) is 0 Å². The van der Waals surface area contributed by atoms with E-state index in [0.717, 1.165) is 38.5 Å². The van der Waals surface area contributed by atoms with Crippen LogP contribution in [0.25, 0.3) is 0 Å². The molecule has 0 aliphatic carbocycles. The topological polar surface area (TPSA) is 95.9 Å². The second-order valence-electron chi connectivity index (χ2n) is 28.8. The molecule has 0 radical (unpaired) electrons. The fourth-order valence-corrected chi connectivity index (χ4v) is 13.5. The van der Waals surface area contributed by atoms with Crippen molar-refractivity contribution in [3.8, 4) is 0 Å². The van der Waals surface area contributed by atoms with Crippen molar-refractivity contribution in [2.24, 2.45) is 0 Å². The number of aliphatic hydroxyl groups is 2. The van der Waals surface area contributed by atoms with E-state index in [1.165, 1.54) is 411 Å². The summed E-state index contributed by atoms with van der Waals surface area (Å²) in [4.78, 5) is 24.6. The number of rotatable bonds is 79. The Labute approximate surface area is 559 Å². The quantitative estimate of drug-likeness (QED) is 0.0320. The van der Waals surface area contributed by atoms with E-state index < -0.39 is 12.1 Å². The van der Waals surface area contributed by atoms with Gasteiger partial charge >= 0.3 is 5.97 Å². The maximum atomic E-state index is 12.6. The van der Waals surface area contributed by atoms with Gasteiger partial charge in [0.15, 0.2) is 0 Å². The van der Waals surface area contributed by atoms with E-state index in [1.807, 2.05) is 0 Å². The highest BCUT2D eigenvalue weighted by Gasteiger charge is 2.20. The van der Waals surface area contributed by atoms with Crippen molar-refractivity contribution in [2.45, 2.75) is 495 Å². The molecule has 0 saturated heterocycles. The molecule has 0 aromatic rings. The number of aliphatic hydroxyl groups excluding tert-OH is 2. The predicted octanol–water partition coefficient (Wildman–Crippen LogP) is 27.4. The number of amides is 1. The molecule has 89 heavy (non-hydrogen) atoms. The largest absolute Gasteiger partial charge is 0.466 e.